The molecular formula is C30H28FN5O3. The molecule has 0 saturated carbocycles. The molecular weight excluding hydrogens is 497 g/mol. The Morgan fingerprint density at radius 3 is 2.56 bits per heavy atom. The number of aromatic nitrogens is 4. The number of hydrogen-bond acceptors (Lipinski definition) is 5. The van der Waals surface area contributed by atoms with Crippen LogP contribution in [0.1, 0.15) is 24.6 Å². The first kappa shape index (κ1) is 25.0. The fraction of sp³-hybridized carbons (Fsp3) is 0.233. The Hall–Kier alpha value is -4.34. The standard InChI is InChI=1S/C30H28FN5O3/c1-30(29(37)33-15-12-21-16-34-24-5-3-2-4-23(21)24)17-38-28(39-18-30)27-35-25(19-6-8-22(31)9-7-19)26(36-27)20-10-13-32-14-11-20/h2-11,13-14,16,28,34H,12,15,17-18H2,1H3,(H,33,37)(H,35,36). The van der Waals surface area contributed by atoms with Crippen molar-refractivity contribution >= 4 is 16.8 Å². The zero-order valence-corrected chi connectivity index (χ0v) is 21.4. The highest BCUT2D eigenvalue weighted by molar-refractivity contribution is 5.84. The number of hydrogen-bond donors (Lipinski definition) is 3. The number of pyridine rings is 1. The Bertz CT molecular complexity index is 1590. The van der Waals surface area contributed by atoms with Crippen LogP contribution in [0.15, 0.2) is 79.3 Å². The predicted octanol–water partition coefficient (Wildman–Crippen LogP) is 5.17. The van der Waals surface area contributed by atoms with Crippen LogP contribution in [-0.2, 0) is 20.7 Å². The molecule has 0 unspecified atom stereocenters. The second-order valence-electron chi connectivity index (χ2n) is 9.97. The summed E-state index contributed by atoms with van der Waals surface area (Å²) in [7, 11) is 0. The Morgan fingerprint density at radius 2 is 1.79 bits per heavy atom. The summed E-state index contributed by atoms with van der Waals surface area (Å²) in [6, 6.07) is 18.0. The molecule has 198 valence electrons. The third-order valence-corrected chi connectivity index (χ3v) is 7.04. The Kier molecular flexibility index (Phi) is 6.68. The fourth-order valence-corrected chi connectivity index (χ4v) is 4.81. The lowest BCUT2D eigenvalue weighted by Crippen LogP contribution is -2.49. The van der Waals surface area contributed by atoms with Crippen molar-refractivity contribution in [2.24, 2.45) is 5.41 Å². The number of carbonyl (C=O) groups is 1. The van der Waals surface area contributed by atoms with E-state index in [0.29, 0.717) is 24.5 Å². The van der Waals surface area contributed by atoms with Crippen LogP contribution in [0.2, 0.25) is 0 Å². The number of amides is 1. The molecule has 1 fully saturated rings. The third-order valence-electron chi connectivity index (χ3n) is 7.04. The summed E-state index contributed by atoms with van der Waals surface area (Å²) in [5.74, 6) is 0.0329. The summed E-state index contributed by atoms with van der Waals surface area (Å²) in [4.78, 5) is 28.5. The fourth-order valence-electron chi connectivity index (χ4n) is 4.81. The molecule has 9 heteroatoms. The number of para-hydroxylation sites is 1. The number of ether oxygens (including phenoxy) is 2. The van der Waals surface area contributed by atoms with E-state index in [-0.39, 0.29) is 24.9 Å². The first-order chi connectivity index (χ1) is 19.0. The van der Waals surface area contributed by atoms with Crippen molar-refractivity contribution in [3.8, 4) is 22.5 Å². The molecule has 3 aromatic heterocycles. The summed E-state index contributed by atoms with van der Waals surface area (Å²) in [6.45, 7) is 2.69. The Morgan fingerprint density at radius 1 is 1.05 bits per heavy atom. The van der Waals surface area contributed by atoms with Crippen molar-refractivity contribution in [1.29, 1.82) is 0 Å². The van der Waals surface area contributed by atoms with Gasteiger partial charge in [0, 0.05) is 47.2 Å². The summed E-state index contributed by atoms with van der Waals surface area (Å²) < 4.78 is 25.6. The van der Waals surface area contributed by atoms with Crippen LogP contribution in [0, 0.1) is 11.2 Å². The minimum Gasteiger partial charge on any atom is -0.361 e. The average molecular weight is 526 g/mol. The number of fused-ring (bicyclic) bond motifs is 1. The lowest BCUT2D eigenvalue weighted by atomic mass is 9.91. The van der Waals surface area contributed by atoms with Crippen molar-refractivity contribution in [3.05, 3.63) is 96.5 Å². The molecule has 0 bridgehead atoms. The van der Waals surface area contributed by atoms with Crippen LogP contribution in [0.25, 0.3) is 33.4 Å². The topological polar surface area (TPSA) is 105 Å². The number of aromatic amines is 2. The molecule has 1 saturated heterocycles. The second kappa shape index (κ2) is 10.4. The number of nitrogens with zero attached hydrogens (tertiary/aromatic N) is 2. The number of nitrogens with one attached hydrogen (secondary N) is 3. The monoisotopic (exact) mass is 525 g/mol. The van der Waals surface area contributed by atoms with Gasteiger partial charge in [0.05, 0.1) is 30.0 Å². The summed E-state index contributed by atoms with van der Waals surface area (Å²) in [6.07, 6.45) is 5.32. The third kappa shape index (κ3) is 5.06. The second-order valence-corrected chi connectivity index (χ2v) is 9.97. The molecule has 3 N–H and O–H groups in total. The van der Waals surface area contributed by atoms with Crippen molar-refractivity contribution in [1.82, 2.24) is 25.3 Å². The Labute approximate surface area is 224 Å². The highest BCUT2D eigenvalue weighted by Gasteiger charge is 2.40. The first-order valence-corrected chi connectivity index (χ1v) is 12.8. The lowest BCUT2D eigenvalue weighted by Gasteiger charge is -2.35. The van der Waals surface area contributed by atoms with Gasteiger partial charge in [-0.25, -0.2) is 9.37 Å². The normalized spacial score (nSPS) is 19.3. The van der Waals surface area contributed by atoms with Crippen molar-refractivity contribution in [3.63, 3.8) is 0 Å². The van der Waals surface area contributed by atoms with Gasteiger partial charge < -0.3 is 24.8 Å². The first-order valence-electron chi connectivity index (χ1n) is 12.8. The maximum absolute atomic E-state index is 13.6. The van der Waals surface area contributed by atoms with Gasteiger partial charge in [-0.15, -0.1) is 0 Å². The van der Waals surface area contributed by atoms with E-state index < -0.39 is 11.7 Å². The quantitative estimate of drug-likeness (QED) is 0.272. The van der Waals surface area contributed by atoms with Gasteiger partial charge in [-0.2, -0.15) is 0 Å². The SMILES string of the molecule is CC1(C(=O)NCCc2c[nH]c3ccccc23)COC(c2nc(-c3ccc(F)cc3)c(-c3ccncc3)[nH]2)OC1. The highest BCUT2D eigenvalue weighted by Crippen LogP contribution is 2.35. The van der Waals surface area contributed by atoms with E-state index in [9.17, 15) is 9.18 Å². The Balaban J connectivity index is 1.13. The number of carbonyl (C=O) groups excluding carboxylic acids is 1. The van der Waals surface area contributed by atoms with Crippen molar-refractivity contribution in [2.75, 3.05) is 19.8 Å². The molecule has 0 spiro atoms. The summed E-state index contributed by atoms with van der Waals surface area (Å²) in [5, 5.41) is 4.20. The molecule has 1 aliphatic heterocycles. The van der Waals surface area contributed by atoms with E-state index in [1.165, 1.54) is 12.1 Å². The lowest BCUT2D eigenvalue weighted by molar-refractivity contribution is -0.231. The van der Waals surface area contributed by atoms with Crippen LogP contribution >= 0.6 is 0 Å². The van der Waals surface area contributed by atoms with E-state index >= 15 is 0 Å². The van der Waals surface area contributed by atoms with Crippen LogP contribution < -0.4 is 5.32 Å². The van der Waals surface area contributed by atoms with Gasteiger partial charge >= 0.3 is 0 Å². The van der Waals surface area contributed by atoms with Crippen LogP contribution in [-0.4, -0.2) is 45.6 Å². The van der Waals surface area contributed by atoms with E-state index in [0.717, 1.165) is 33.3 Å². The molecule has 5 aromatic rings. The van der Waals surface area contributed by atoms with Gasteiger partial charge in [0.15, 0.2) is 5.82 Å². The maximum atomic E-state index is 13.6. The number of H-pyrrole nitrogens is 2. The molecule has 4 heterocycles. The van der Waals surface area contributed by atoms with Crippen molar-refractivity contribution < 1.29 is 18.7 Å². The molecule has 2 aromatic carbocycles. The van der Waals surface area contributed by atoms with Gasteiger partial charge in [-0.05, 0) is 61.4 Å². The summed E-state index contributed by atoms with van der Waals surface area (Å²) in [5.41, 5.74) is 4.42. The average Bonchev–Trinajstić information content (AvgIpc) is 3.60. The molecule has 1 aliphatic rings. The van der Waals surface area contributed by atoms with E-state index in [2.05, 4.69) is 26.3 Å². The van der Waals surface area contributed by atoms with Gasteiger partial charge in [0.25, 0.3) is 0 Å². The van der Waals surface area contributed by atoms with Gasteiger partial charge in [0.2, 0.25) is 12.2 Å². The summed E-state index contributed by atoms with van der Waals surface area (Å²) >= 11 is 0. The molecule has 1 amide bonds. The zero-order chi connectivity index (χ0) is 26.8. The van der Waals surface area contributed by atoms with Gasteiger partial charge in [-0.1, -0.05) is 18.2 Å². The minimum atomic E-state index is -0.836. The molecule has 0 atom stereocenters. The van der Waals surface area contributed by atoms with Crippen molar-refractivity contribution in [2.45, 2.75) is 19.6 Å². The zero-order valence-electron chi connectivity index (χ0n) is 21.4. The smallest absolute Gasteiger partial charge is 0.230 e. The number of halogens is 1. The van der Waals surface area contributed by atoms with E-state index in [4.69, 9.17) is 14.5 Å². The van der Waals surface area contributed by atoms with Crippen LogP contribution in [0.5, 0.6) is 0 Å². The van der Waals surface area contributed by atoms with Gasteiger partial charge in [0.1, 0.15) is 5.82 Å². The maximum Gasteiger partial charge on any atom is 0.230 e. The van der Waals surface area contributed by atoms with Gasteiger partial charge in [-0.3, -0.25) is 9.78 Å². The number of benzene rings is 2. The molecule has 8 nitrogen and oxygen atoms in total. The molecule has 0 radical (unpaired) electrons. The number of rotatable bonds is 7. The minimum absolute atomic E-state index is 0.121. The predicted molar refractivity (Wildman–Crippen MR) is 145 cm³/mol. The largest absolute Gasteiger partial charge is 0.361 e. The number of imidazole rings is 1. The van der Waals surface area contributed by atoms with Crippen LogP contribution in [0.4, 0.5) is 4.39 Å². The molecule has 0 aliphatic carbocycles. The molecule has 39 heavy (non-hydrogen) atoms. The van der Waals surface area contributed by atoms with Crippen LogP contribution in [0.3, 0.4) is 0 Å². The highest BCUT2D eigenvalue weighted by atomic mass is 19.1. The van der Waals surface area contributed by atoms with E-state index in [1.54, 1.807) is 24.5 Å². The van der Waals surface area contributed by atoms with E-state index in [1.807, 2.05) is 43.5 Å². The molecule has 6 rings (SSSR count).